The maximum atomic E-state index is 8.72. The van der Waals surface area contributed by atoms with Gasteiger partial charge in [-0.1, -0.05) is 20.8 Å². The number of benzene rings is 1. The molecule has 1 aromatic carbocycles. The van der Waals surface area contributed by atoms with Gasteiger partial charge in [-0.2, -0.15) is 5.26 Å². The van der Waals surface area contributed by atoms with E-state index >= 15 is 0 Å². The molecule has 0 radical (unpaired) electrons. The molecule has 0 aromatic heterocycles. The molecule has 0 fully saturated rings. The molecule has 0 heterocycles. The number of hydrogen-bond donors (Lipinski definition) is 0. The lowest BCUT2D eigenvalue weighted by Crippen LogP contribution is -2.38. The van der Waals surface area contributed by atoms with Gasteiger partial charge in [0, 0.05) is 0 Å². The lowest BCUT2D eigenvalue weighted by molar-refractivity contribution is 0.0298. The maximum absolute atomic E-state index is 8.72. The highest BCUT2D eigenvalue weighted by Gasteiger charge is 2.14. The van der Waals surface area contributed by atoms with Gasteiger partial charge < -0.3 is 4.74 Å². The molecule has 17 heavy (non-hydrogen) atoms. The van der Waals surface area contributed by atoms with Crippen LogP contribution in [-0.4, -0.2) is 24.2 Å². The fourth-order valence-corrected chi connectivity index (χ4v) is 1.81. The Balaban J connectivity index is 2.70. The maximum Gasteiger partial charge on any atom is 0.152 e. The van der Waals surface area contributed by atoms with E-state index in [0.29, 0.717) is 5.56 Å². The Morgan fingerprint density at radius 3 is 2.18 bits per heavy atom. The molecule has 0 aliphatic carbocycles. The van der Waals surface area contributed by atoms with Gasteiger partial charge in [-0.3, -0.25) is 4.90 Å². The highest BCUT2D eigenvalue weighted by molar-refractivity contribution is 5.34. The monoisotopic (exact) mass is 232 g/mol. The van der Waals surface area contributed by atoms with Crippen molar-refractivity contribution >= 4 is 0 Å². The average Bonchev–Trinajstić information content (AvgIpc) is 2.39. The van der Waals surface area contributed by atoms with Crippen LogP contribution in [-0.2, 0) is 0 Å². The van der Waals surface area contributed by atoms with Gasteiger partial charge in [0.1, 0.15) is 5.75 Å². The first kappa shape index (κ1) is 13.5. The van der Waals surface area contributed by atoms with Gasteiger partial charge in [0.05, 0.1) is 11.6 Å². The van der Waals surface area contributed by atoms with Crippen molar-refractivity contribution in [1.29, 1.82) is 5.26 Å². The molecule has 0 aliphatic rings. The predicted octanol–water partition coefficient (Wildman–Crippen LogP) is 3.01. The van der Waals surface area contributed by atoms with Crippen molar-refractivity contribution in [3.63, 3.8) is 0 Å². The molecule has 0 bridgehead atoms. The van der Waals surface area contributed by atoms with Gasteiger partial charge in [0.2, 0.25) is 0 Å². The van der Waals surface area contributed by atoms with Crippen LogP contribution in [0.3, 0.4) is 0 Å². The number of nitriles is 1. The van der Waals surface area contributed by atoms with Gasteiger partial charge in [0.25, 0.3) is 0 Å². The first-order chi connectivity index (χ1) is 8.24. The second-order valence-electron chi connectivity index (χ2n) is 3.84. The quantitative estimate of drug-likeness (QED) is 0.707. The van der Waals surface area contributed by atoms with E-state index in [2.05, 4.69) is 31.7 Å². The number of nitrogens with zero attached hydrogens (tertiary/aromatic N) is 2. The van der Waals surface area contributed by atoms with Crippen LogP contribution < -0.4 is 4.74 Å². The second-order valence-corrected chi connectivity index (χ2v) is 3.84. The largest absolute Gasteiger partial charge is 0.475 e. The van der Waals surface area contributed by atoms with Gasteiger partial charge in [-0.05, 0) is 43.8 Å². The second kappa shape index (κ2) is 6.93. The molecule has 1 atom stereocenters. The van der Waals surface area contributed by atoms with Crippen LogP contribution in [0.1, 0.15) is 32.8 Å². The zero-order valence-corrected chi connectivity index (χ0v) is 10.8. The van der Waals surface area contributed by atoms with Crippen LogP contribution >= 0.6 is 0 Å². The summed E-state index contributed by atoms with van der Waals surface area (Å²) in [6.45, 7) is 8.34. The molecule has 1 rings (SSSR count). The van der Waals surface area contributed by atoms with Crippen LogP contribution in [0.25, 0.3) is 0 Å². The van der Waals surface area contributed by atoms with Gasteiger partial charge in [-0.25, -0.2) is 0 Å². The van der Waals surface area contributed by atoms with Crippen LogP contribution in [0, 0.1) is 11.3 Å². The summed E-state index contributed by atoms with van der Waals surface area (Å²) in [5.41, 5.74) is 0.660. The van der Waals surface area contributed by atoms with E-state index in [1.807, 2.05) is 12.1 Å². The van der Waals surface area contributed by atoms with Crippen molar-refractivity contribution in [1.82, 2.24) is 4.90 Å². The third-order valence-corrected chi connectivity index (χ3v) is 2.82. The van der Waals surface area contributed by atoms with Gasteiger partial charge >= 0.3 is 0 Å². The van der Waals surface area contributed by atoms with Crippen molar-refractivity contribution in [2.24, 2.45) is 0 Å². The summed E-state index contributed by atoms with van der Waals surface area (Å²) >= 11 is 0. The molecule has 0 saturated heterocycles. The molecular formula is C14H20N2O. The standard InChI is InChI=1S/C14H20N2O/c1-4-14(16(5-2)6-3)17-13-9-7-12(11-15)8-10-13/h7-10,14H,4-6H2,1-3H3. The summed E-state index contributed by atoms with van der Waals surface area (Å²) in [7, 11) is 0. The van der Waals surface area contributed by atoms with Gasteiger partial charge in [0.15, 0.2) is 6.23 Å². The van der Waals surface area contributed by atoms with Crippen molar-refractivity contribution in [2.45, 2.75) is 33.4 Å². The zero-order valence-electron chi connectivity index (χ0n) is 10.8. The number of ether oxygens (including phenoxy) is 1. The molecule has 0 aliphatic heterocycles. The molecule has 0 N–H and O–H groups in total. The van der Waals surface area contributed by atoms with E-state index < -0.39 is 0 Å². The van der Waals surface area contributed by atoms with Crippen molar-refractivity contribution < 1.29 is 4.74 Å². The molecule has 0 spiro atoms. The molecule has 3 nitrogen and oxygen atoms in total. The van der Waals surface area contributed by atoms with Crippen LogP contribution in [0.2, 0.25) is 0 Å². The van der Waals surface area contributed by atoms with E-state index in [9.17, 15) is 0 Å². The number of hydrogen-bond acceptors (Lipinski definition) is 3. The Hall–Kier alpha value is -1.53. The van der Waals surface area contributed by atoms with E-state index in [0.717, 1.165) is 25.3 Å². The Bertz CT molecular complexity index is 363. The Kier molecular flexibility index (Phi) is 5.51. The van der Waals surface area contributed by atoms with E-state index in [1.165, 1.54) is 0 Å². The van der Waals surface area contributed by atoms with Crippen LogP contribution in [0.15, 0.2) is 24.3 Å². The van der Waals surface area contributed by atoms with Crippen molar-refractivity contribution in [3.8, 4) is 11.8 Å². The summed E-state index contributed by atoms with van der Waals surface area (Å²) in [5.74, 6) is 0.822. The van der Waals surface area contributed by atoms with Gasteiger partial charge in [-0.15, -0.1) is 0 Å². The first-order valence-corrected chi connectivity index (χ1v) is 6.16. The topological polar surface area (TPSA) is 36.3 Å². The minimum atomic E-state index is 0.109. The predicted molar refractivity (Wildman–Crippen MR) is 68.8 cm³/mol. The third-order valence-electron chi connectivity index (χ3n) is 2.82. The molecule has 1 unspecified atom stereocenters. The summed E-state index contributed by atoms with van der Waals surface area (Å²) in [6.07, 6.45) is 1.06. The van der Waals surface area contributed by atoms with Crippen LogP contribution in [0.4, 0.5) is 0 Å². The summed E-state index contributed by atoms with van der Waals surface area (Å²) in [4.78, 5) is 2.28. The summed E-state index contributed by atoms with van der Waals surface area (Å²) < 4.78 is 5.92. The smallest absolute Gasteiger partial charge is 0.152 e. The summed E-state index contributed by atoms with van der Waals surface area (Å²) in [5, 5.41) is 8.72. The third kappa shape index (κ3) is 3.76. The molecule has 3 heteroatoms. The average molecular weight is 232 g/mol. The first-order valence-electron chi connectivity index (χ1n) is 6.16. The highest BCUT2D eigenvalue weighted by atomic mass is 16.5. The van der Waals surface area contributed by atoms with E-state index in [1.54, 1.807) is 12.1 Å². The number of rotatable bonds is 6. The van der Waals surface area contributed by atoms with Crippen molar-refractivity contribution in [2.75, 3.05) is 13.1 Å². The highest BCUT2D eigenvalue weighted by Crippen LogP contribution is 2.16. The van der Waals surface area contributed by atoms with Crippen LogP contribution in [0.5, 0.6) is 5.75 Å². The van der Waals surface area contributed by atoms with Crippen molar-refractivity contribution in [3.05, 3.63) is 29.8 Å². The molecule has 0 amide bonds. The molecule has 1 aromatic rings. The molecule has 0 saturated carbocycles. The normalized spacial score (nSPS) is 12.2. The molecule has 92 valence electrons. The Morgan fingerprint density at radius 1 is 1.18 bits per heavy atom. The lowest BCUT2D eigenvalue weighted by atomic mass is 10.2. The minimum Gasteiger partial charge on any atom is -0.475 e. The lowest BCUT2D eigenvalue weighted by Gasteiger charge is -2.29. The van der Waals surface area contributed by atoms with E-state index in [4.69, 9.17) is 10.00 Å². The Labute approximate surface area is 104 Å². The fourth-order valence-electron chi connectivity index (χ4n) is 1.81. The molecular weight excluding hydrogens is 212 g/mol. The SMILES string of the molecule is CCC(Oc1ccc(C#N)cc1)N(CC)CC. The fraction of sp³-hybridized carbons (Fsp3) is 0.500. The minimum absolute atomic E-state index is 0.109. The summed E-state index contributed by atoms with van der Waals surface area (Å²) in [6, 6.07) is 9.37. The zero-order chi connectivity index (χ0) is 12.7. The van der Waals surface area contributed by atoms with E-state index in [-0.39, 0.29) is 6.23 Å². The Morgan fingerprint density at radius 2 is 1.76 bits per heavy atom.